The summed E-state index contributed by atoms with van der Waals surface area (Å²) in [5, 5.41) is 12.7. The van der Waals surface area contributed by atoms with Crippen molar-refractivity contribution in [3.63, 3.8) is 0 Å². The summed E-state index contributed by atoms with van der Waals surface area (Å²) in [6, 6.07) is 5.00. The predicted octanol–water partition coefficient (Wildman–Crippen LogP) is 3.09. The van der Waals surface area contributed by atoms with Crippen LogP contribution < -0.4 is 5.32 Å². The van der Waals surface area contributed by atoms with Gasteiger partial charge in [0.15, 0.2) is 0 Å². The number of piperidine rings is 1. The van der Waals surface area contributed by atoms with Gasteiger partial charge in [-0.2, -0.15) is 5.26 Å². The largest absolute Gasteiger partial charge is 0.322 e. The number of nitrogens with zero attached hydrogens (tertiary/aromatic N) is 2. The Bertz CT molecular complexity index is 790. The standard InChI is InChI=1S/C24H31N3O/c25-14-19-12-18-13-23(18)27(19)24(28)15-26-10-9-22-20-7-3-1-5-16(20)11-17-6-2-4-8-21(17)22/h11,18-19,23,26H,1-10,12-13,15H2/t18-,19?,23+/m1/s1. The Kier molecular flexibility index (Phi) is 4.88. The SMILES string of the molecule is N#CC1C[C@@H]2C[C@@H]2N1C(=O)CNCCc1c2c(cc3c1CCCC3)CCCC2. The molecule has 0 bridgehead atoms. The van der Waals surface area contributed by atoms with E-state index in [0.717, 1.165) is 25.8 Å². The predicted molar refractivity (Wildman–Crippen MR) is 109 cm³/mol. The highest BCUT2D eigenvalue weighted by atomic mass is 16.2. The number of fused-ring (bicyclic) bond motifs is 3. The van der Waals surface area contributed by atoms with Crippen molar-refractivity contribution in [3.05, 3.63) is 33.9 Å². The van der Waals surface area contributed by atoms with E-state index in [2.05, 4.69) is 17.5 Å². The summed E-state index contributed by atoms with van der Waals surface area (Å²) in [6.07, 6.45) is 13.3. The Hall–Kier alpha value is -1.86. The second kappa shape index (κ2) is 7.52. The zero-order chi connectivity index (χ0) is 19.1. The molecule has 3 atom stereocenters. The number of aryl methyl sites for hydroxylation is 2. The van der Waals surface area contributed by atoms with Gasteiger partial charge in [0.1, 0.15) is 6.04 Å². The normalized spacial score (nSPS) is 27.5. The van der Waals surface area contributed by atoms with Gasteiger partial charge in [-0.1, -0.05) is 6.07 Å². The molecule has 1 heterocycles. The molecule has 28 heavy (non-hydrogen) atoms. The van der Waals surface area contributed by atoms with Crippen molar-refractivity contribution in [2.75, 3.05) is 13.1 Å². The third-order valence-electron chi connectivity index (χ3n) is 7.47. The first-order valence-corrected chi connectivity index (χ1v) is 11.3. The molecule has 1 saturated carbocycles. The molecule has 4 aliphatic rings. The molecule has 0 spiro atoms. The molecule has 4 heteroatoms. The molecule has 1 aromatic rings. The minimum atomic E-state index is -0.189. The van der Waals surface area contributed by atoms with Crippen molar-refractivity contribution in [2.45, 2.75) is 82.7 Å². The van der Waals surface area contributed by atoms with Crippen LogP contribution in [0.25, 0.3) is 0 Å². The number of hydrogen-bond acceptors (Lipinski definition) is 3. The van der Waals surface area contributed by atoms with Crippen LogP contribution in [0.15, 0.2) is 6.07 Å². The number of amides is 1. The highest BCUT2D eigenvalue weighted by Crippen LogP contribution is 2.47. The van der Waals surface area contributed by atoms with E-state index in [1.54, 1.807) is 27.8 Å². The van der Waals surface area contributed by atoms with Crippen molar-refractivity contribution in [3.8, 4) is 6.07 Å². The minimum absolute atomic E-state index is 0.119. The van der Waals surface area contributed by atoms with E-state index in [9.17, 15) is 10.1 Å². The molecule has 4 nitrogen and oxygen atoms in total. The number of carbonyl (C=O) groups is 1. The molecule has 1 aliphatic heterocycles. The number of hydrogen-bond donors (Lipinski definition) is 1. The molecule has 1 saturated heterocycles. The van der Waals surface area contributed by atoms with Crippen molar-refractivity contribution in [2.24, 2.45) is 5.92 Å². The number of nitrogens with one attached hydrogen (secondary N) is 1. The molecule has 1 unspecified atom stereocenters. The molecule has 1 N–H and O–H groups in total. The topological polar surface area (TPSA) is 56.1 Å². The lowest BCUT2D eigenvalue weighted by molar-refractivity contribution is -0.131. The van der Waals surface area contributed by atoms with Gasteiger partial charge >= 0.3 is 0 Å². The van der Waals surface area contributed by atoms with E-state index in [0.29, 0.717) is 18.5 Å². The Morgan fingerprint density at radius 2 is 1.75 bits per heavy atom. The Labute approximate surface area is 168 Å². The quantitative estimate of drug-likeness (QED) is 0.802. The van der Waals surface area contributed by atoms with Gasteiger partial charge in [-0.3, -0.25) is 4.79 Å². The van der Waals surface area contributed by atoms with Crippen LogP contribution in [0.1, 0.15) is 66.3 Å². The Morgan fingerprint density at radius 3 is 2.43 bits per heavy atom. The van der Waals surface area contributed by atoms with Gasteiger partial charge in [-0.15, -0.1) is 0 Å². The molecular formula is C24H31N3O. The van der Waals surface area contributed by atoms with Crippen LogP contribution in [0.3, 0.4) is 0 Å². The molecule has 1 amide bonds. The maximum Gasteiger partial charge on any atom is 0.237 e. The first-order chi connectivity index (χ1) is 13.8. The maximum absolute atomic E-state index is 12.6. The molecule has 148 valence electrons. The van der Waals surface area contributed by atoms with Gasteiger partial charge < -0.3 is 10.2 Å². The Morgan fingerprint density at radius 1 is 1.07 bits per heavy atom. The number of nitriles is 1. The third-order valence-corrected chi connectivity index (χ3v) is 7.47. The summed E-state index contributed by atoms with van der Waals surface area (Å²) in [7, 11) is 0. The molecule has 5 rings (SSSR count). The average molecular weight is 378 g/mol. The van der Waals surface area contributed by atoms with E-state index in [1.165, 1.54) is 51.4 Å². The number of carbonyl (C=O) groups excluding carboxylic acids is 1. The fourth-order valence-electron chi connectivity index (χ4n) is 5.99. The van der Waals surface area contributed by atoms with Crippen LogP contribution in [-0.2, 0) is 36.9 Å². The molecule has 3 aliphatic carbocycles. The summed E-state index contributed by atoms with van der Waals surface area (Å²) in [6.45, 7) is 1.23. The lowest BCUT2D eigenvalue weighted by Crippen LogP contribution is -2.43. The lowest BCUT2D eigenvalue weighted by atomic mass is 9.78. The highest BCUT2D eigenvalue weighted by Gasteiger charge is 2.53. The average Bonchev–Trinajstić information content (AvgIpc) is 3.39. The van der Waals surface area contributed by atoms with Crippen LogP contribution in [0.2, 0.25) is 0 Å². The highest BCUT2D eigenvalue weighted by molar-refractivity contribution is 5.80. The monoisotopic (exact) mass is 377 g/mol. The molecule has 0 radical (unpaired) electrons. The maximum atomic E-state index is 12.6. The molecule has 0 aromatic heterocycles. The van der Waals surface area contributed by atoms with Crippen LogP contribution >= 0.6 is 0 Å². The van der Waals surface area contributed by atoms with Gasteiger partial charge in [-0.25, -0.2) is 0 Å². The second-order valence-electron chi connectivity index (χ2n) is 9.22. The summed E-state index contributed by atoms with van der Waals surface area (Å²) >= 11 is 0. The Balaban J connectivity index is 1.23. The van der Waals surface area contributed by atoms with E-state index in [4.69, 9.17) is 0 Å². The van der Waals surface area contributed by atoms with E-state index in [-0.39, 0.29) is 11.9 Å². The number of rotatable bonds is 5. The first-order valence-electron chi connectivity index (χ1n) is 11.3. The third kappa shape index (κ3) is 3.24. The first kappa shape index (κ1) is 18.2. The van der Waals surface area contributed by atoms with Crippen LogP contribution in [-0.4, -0.2) is 36.0 Å². The number of benzene rings is 1. The zero-order valence-corrected chi connectivity index (χ0v) is 16.8. The van der Waals surface area contributed by atoms with E-state index >= 15 is 0 Å². The lowest BCUT2D eigenvalue weighted by Gasteiger charge is -2.28. The number of likely N-dealkylation sites (tertiary alicyclic amines) is 1. The van der Waals surface area contributed by atoms with Gasteiger partial charge in [0, 0.05) is 6.04 Å². The fourth-order valence-corrected chi connectivity index (χ4v) is 5.99. The van der Waals surface area contributed by atoms with Gasteiger partial charge in [0.2, 0.25) is 5.91 Å². The van der Waals surface area contributed by atoms with E-state index < -0.39 is 0 Å². The summed E-state index contributed by atoms with van der Waals surface area (Å²) in [5.41, 5.74) is 8.07. The van der Waals surface area contributed by atoms with Crippen molar-refractivity contribution in [1.82, 2.24) is 10.2 Å². The fraction of sp³-hybridized carbons (Fsp3) is 0.667. The van der Waals surface area contributed by atoms with Crippen LogP contribution in [0.5, 0.6) is 0 Å². The van der Waals surface area contributed by atoms with Gasteiger partial charge in [-0.05, 0) is 111 Å². The minimum Gasteiger partial charge on any atom is -0.322 e. The van der Waals surface area contributed by atoms with Crippen molar-refractivity contribution in [1.29, 1.82) is 5.26 Å². The summed E-state index contributed by atoms with van der Waals surface area (Å²) in [5.74, 6) is 0.713. The van der Waals surface area contributed by atoms with Crippen LogP contribution in [0, 0.1) is 17.2 Å². The van der Waals surface area contributed by atoms with Crippen LogP contribution in [0.4, 0.5) is 0 Å². The van der Waals surface area contributed by atoms with Crippen molar-refractivity contribution < 1.29 is 4.79 Å². The van der Waals surface area contributed by atoms with Gasteiger partial charge in [0.25, 0.3) is 0 Å². The second-order valence-corrected chi connectivity index (χ2v) is 9.22. The summed E-state index contributed by atoms with van der Waals surface area (Å²) < 4.78 is 0. The summed E-state index contributed by atoms with van der Waals surface area (Å²) in [4.78, 5) is 14.5. The molecular weight excluding hydrogens is 346 g/mol. The van der Waals surface area contributed by atoms with E-state index in [1.807, 2.05) is 4.90 Å². The smallest absolute Gasteiger partial charge is 0.237 e. The van der Waals surface area contributed by atoms with Gasteiger partial charge in [0.05, 0.1) is 12.6 Å². The van der Waals surface area contributed by atoms with Crippen molar-refractivity contribution >= 4 is 5.91 Å². The molecule has 2 fully saturated rings. The molecule has 1 aromatic carbocycles. The zero-order valence-electron chi connectivity index (χ0n) is 16.8.